The summed E-state index contributed by atoms with van der Waals surface area (Å²) in [5.41, 5.74) is 13.3. The van der Waals surface area contributed by atoms with Crippen molar-refractivity contribution in [2.45, 2.75) is 0 Å². The fraction of sp³-hybridized carbons (Fsp3) is 0. The molecular weight excluding hydrogens is 689 g/mol. The number of hydrogen-bond donors (Lipinski definition) is 0. The van der Waals surface area contributed by atoms with E-state index in [4.69, 9.17) is 18.8 Å². The van der Waals surface area contributed by atoms with Crippen LogP contribution in [-0.4, -0.2) is 9.97 Å². The molecule has 2 aromatic heterocycles. The summed E-state index contributed by atoms with van der Waals surface area (Å²) in [6, 6.07) is 70.4. The number of aromatic nitrogens is 2. The molecule has 0 fully saturated rings. The van der Waals surface area contributed by atoms with E-state index in [1.165, 1.54) is 0 Å². The molecule has 0 unspecified atom stereocenters. The Morgan fingerprint density at radius 2 is 0.571 bits per heavy atom. The molecule has 0 saturated heterocycles. The number of anilines is 6. The van der Waals surface area contributed by atoms with Gasteiger partial charge in [0.2, 0.25) is 11.8 Å². The number of benzene rings is 8. The van der Waals surface area contributed by atoms with Crippen LogP contribution in [0.15, 0.2) is 215 Å². The van der Waals surface area contributed by atoms with E-state index in [2.05, 4.69) is 168 Å². The van der Waals surface area contributed by atoms with Crippen molar-refractivity contribution in [3.63, 3.8) is 0 Å². The van der Waals surface area contributed by atoms with E-state index in [-0.39, 0.29) is 0 Å². The first-order valence-corrected chi connectivity index (χ1v) is 18.6. The lowest BCUT2D eigenvalue weighted by atomic mass is 10.1. The molecule has 6 heteroatoms. The summed E-state index contributed by atoms with van der Waals surface area (Å²) in [6.07, 6.45) is 0. The third kappa shape index (κ3) is 6.35. The van der Waals surface area contributed by atoms with Crippen molar-refractivity contribution in [2.24, 2.45) is 0 Å². The van der Waals surface area contributed by atoms with Crippen LogP contribution in [0.25, 0.3) is 56.2 Å². The second-order valence-electron chi connectivity index (χ2n) is 13.5. The van der Waals surface area contributed by atoms with E-state index in [1.54, 1.807) is 0 Å². The molecule has 10 rings (SSSR count). The lowest BCUT2D eigenvalue weighted by molar-refractivity contribution is 0.619. The van der Waals surface area contributed by atoms with Crippen molar-refractivity contribution in [3.8, 4) is 34.0 Å². The molecule has 2 heterocycles. The number of oxazole rings is 2. The lowest BCUT2D eigenvalue weighted by Gasteiger charge is -2.25. The minimum atomic E-state index is 0.576. The fourth-order valence-electron chi connectivity index (χ4n) is 7.16. The zero-order valence-corrected chi connectivity index (χ0v) is 30.2. The topological polar surface area (TPSA) is 58.5 Å². The Kier molecular flexibility index (Phi) is 8.39. The Morgan fingerprint density at radius 1 is 0.286 bits per heavy atom. The van der Waals surface area contributed by atoms with Crippen LogP contribution in [0, 0.1) is 0 Å². The minimum absolute atomic E-state index is 0.576. The van der Waals surface area contributed by atoms with E-state index in [0.717, 1.165) is 78.6 Å². The second-order valence-corrected chi connectivity index (χ2v) is 13.5. The van der Waals surface area contributed by atoms with E-state index in [0.29, 0.717) is 11.8 Å². The molecule has 0 radical (unpaired) electrons. The van der Waals surface area contributed by atoms with Gasteiger partial charge in [-0.3, -0.25) is 0 Å². The first-order valence-electron chi connectivity index (χ1n) is 18.6. The summed E-state index contributed by atoms with van der Waals surface area (Å²) < 4.78 is 12.7. The number of rotatable bonds is 9. The smallest absolute Gasteiger partial charge is 0.227 e. The van der Waals surface area contributed by atoms with Crippen LogP contribution < -0.4 is 9.80 Å². The Balaban J connectivity index is 0.905. The van der Waals surface area contributed by atoms with Gasteiger partial charge in [-0.1, -0.05) is 84.9 Å². The molecule has 0 spiro atoms. The quantitative estimate of drug-likeness (QED) is 0.148. The highest BCUT2D eigenvalue weighted by Gasteiger charge is 2.17. The zero-order chi connectivity index (χ0) is 37.3. The van der Waals surface area contributed by atoms with Gasteiger partial charge in [0.25, 0.3) is 0 Å². The van der Waals surface area contributed by atoms with Crippen LogP contribution in [0.2, 0.25) is 0 Å². The SMILES string of the molecule is c1ccc(N(c2ccccc2)c2ccc(-c3nc4ccc(-c5ccc6nc(-c7ccc(N(c8ccccc8)c8ccccc8)cc7)oc6c5)cc4o3)cc2)cc1. The Morgan fingerprint density at radius 3 is 0.893 bits per heavy atom. The largest absolute Gasteiger partial charge is 0.436 e. The molecule has 0 aliphatic rings. The highest BCUT2D eigenvalue weighted by molar-refractivity contribution is 5.87. The van der Waals surface area contributed by atoms with Gasteiger partial charge in [-0.25, -0.2) is 9.97 Å². The van der Waals surface area contributed by atoms with Crippen LogP contribution in [0.4, 0.5) is 34.1 Å². The average Bonchev–Trinajstić information content (AvgIpc) is 3.90. The maximum Gasteiger partial charge on any atom is 0.227 e. The number of nitrogens with zero attached hydrogens (tertiary/aromatic N) is 4. The van der Waals surface area contributed by atoms with Gasteiger partial charge < -0.3 is 18.6 Å². The molecule has 0 aliphatic carbocycles. The molecule has 56 heavy (non-hydrogen) atoms. The third-order valence-corrected chi connectivity index (χ3v) is 9.91. The third-order valence-electron chi connectivity index (χ3n) is 9.91. The van der Waals surface area contributed by atoms with Gasteiger partial charge in [0.1, 0.15) is 11.0 Å². The lowest BCUT2D eigenvalue weighted by Crippen LogP contribution is -2.09. The summed E-state index contributed by atoms with van der Waals surface area (Å²) in [5.74, 6) is 1.15. The molecule has 8 aromatic carbocycles. The van der Waals surface area contributed by atoms with Crippen molar-refractivity contribution in [1.29, 1.82) is 0 Å². The van der Waals surface area contributed by atoms with Gasteiger partial charge in [0.05, 0.1) is 0 Å². The molecule has 0 bridgehead atoms. The van der Waals surface area contributed by atoms with Crippen molar-refractivity contribution in [1.82, 2.24) is 9.97 Å². The second kappa shape index (κ2) is 14.3. The number of para-hydroxylation sites is 4. The van der Waals surface area contributed by atoms with Gasteiger partial charge in [0.15, 0.2) is 11.2 Å². The fourth-order valence-corrected chi connectivity index (χ4v) is 7.16. The molecular formula is C50H34N4O2. The predicted octanol–water partition coefficient (Wildman–Crippen LogP) is 13.9. The Bertz CT molecular complexity index is 2610. The molecule has 0 saturated carbocycles. The van der Waals surface area contributed by atoms with Crippen LogP contribution >= 0.6 is 0 Å². The molecule has 6 nitrogen and oxygen atoms in total. The van der Waals surface area contributed by atoms with E-state index in [9.17, 15) is 0 Å². The van der Waals surface area contributed by atoms with E-state index in [1.807, 2.05) is 48.5 Å². The van der Waals surface area contributed by atoms with Crippen molar-refractivity contribution >= 4 is 56.3 Å². The van der Waals surface area contributed by atoms with Gasteiger partial charge in [-0.15, -0.1) is 0 Å². The van der Waals surface area contributed by atoms with Crippen LogP contribution in [0.1, 0.15) is 0 Å². The Labute approximate surface area is 324 Å². The first kappa shape index (κ1) is 32.9. The van der Waals surface area contributed by atoms with E-state index < -0.39 is 0 Å². The monoisotopic (exact) mass is 722 g/mol. The molecule has 0 amide bonds. The molecule has 0 aliphatic heterocycles. The number of hydrogen-bond acceptors (Lipinski definition) is 6. The molecule has 10 aromatic rings. The predicted molar refractivity (Wildman–Crippen MR) is 227 cm³/mol. The van der Waals surface area contributed by atoms with Gasteiger partial charge in [-0.05, 0) is 132 Å². The highest BCUT2D eigenvalue weighted by atomic mass is 16.4. The maximum atomic E-state index is 6.35. The van der Waals surface area contributed by atoms with Gasteiger partial charge in [0, 0.05) is 45.3 Å². The van der Waals surface area contributed by atoms with Crippen LogP contribution in [-0.2, 0) is 0 Å². The summed E-state index contributed by atoms with van der Waals surface area (Å²) >= 11 is 0. The standard InChI is InChI=1S/C50H34N4O2/c1-5-13-39(14-6-1)53(40-15-7-2-8-16-40)43-27-21-35(22-28-43)49-51-45-31-25-37(33-47(45)55-49)38-26-32-46-48(34-38)56-50(52-46)36-23-29-44(30-24-36)54(41-17-9-3-10-18-41)42-19-11-4-12-20-42/h1-34H. The minimum Gasteiger partial charge on any atom is -0.436 e. The molecule has 0 atom stereocenters. The normalized spacial score (nSPS) is 11.2. The average molecular weight is 723 g/mol. The van der Waals surface area contributed by atoms with Crippen molar-refractivity contribution < 1.29 is 8.83 Å². The summed E-state index contributed by atoms with van der Waals surface area (Å²) in [6.45, 7) is 0. The van der Waals surface area contributed by atoms with Gasteiger partial charge in [-0.2, -0.15) is 0 Å². The highest BCUT2D eigenvalue weighted by Crippen LogP contribution is 2.38. The summed E-state index contributed by atoms with van der Waals surface area (Å²) in [7, 11) is 0. The van der Waals surface area contributed by atoms with Crippen molar-refractivity contribution in [3.05, 3.63) is 206 Å². The first-order chi connectivity index (χ1) is 27.7. The van der Waals surface area contributed by atoms with Crippen LogP contribution in [0.3, 0.4) is 0 Å². The van der Waals surface area contributed by atoms with Crippen molar-refractivity contribution in [2.75, 3.05) is 9.80 Å². The summed E-state index contributed by atoms with van der Waals surface area (Å²) in [4.78, 5) is 14.1. The Hall–Kier alpha value is -7.70. The van der Waals surface area contributed by atoms with E-state index >= 15 is 0 Å². The van der Waals surface area contributed by atoms with Gasteiger partial charge >= 0.3 is 0 Å². The molecule has 266 valence electrons. The molecule has 0 N–H and O–H groups in total. The number of fused-ring (bicyclic) bond motifs is 2. The zero-order valence-electron chi connectivity index (χ0n) is 30.2. The van der Waals surface area contributed by atoms with Crippen LogP contribution in [0.5, 0.6) is 0 Å². The summed E-state index contributed by atoms with van der Waals surface area (Å²) in [5, 5.41) is 0. The maximum absolute atomic E-state index is 6.35.